The standard InChI is InChI=1S/C22H19N3OS2/c1-14-7-6-8-15(2)21(14)25(16(3)26)22-23-17(13-27-22)11-12-20-24-18-9-4-5-10-19(18)28-20/h4-13H,1-3H3/b12-11+. The third kappa shape index (κ3) is 3.61. The van der Waals surface area contributed by atoms with Gasteiger partial charge >= 0.3 is 0 Å². The van der Waals surface area contributed by atoms with Gasteiger partial charge in [-0.1, -0.05) is 30.3 Å². The van der Waals surface area contributed by atoms with Crippen molar-refractivity contribution in [2.24, 2.45) is 0 Å². The summed E-state index contributed by atoms with van der Waals surface area (Å²) in [6.07, 6.45) is 3.92. The van der Waals surface area contributed by atoms with Crippen LogP contribution in [0, 0.1) is 13.8 Å². The molecule has 0 aliphatic carbocycles. The Kier molecular flexibility index (Phi) is 5.07. The molecule has 0 N–H and O–H groups in total. The van der Waals surface area contributed by atoms with Crippen molar-refractivity contribution in [2.75, 3.05) is 4.90 Å². The summed E-state index contributed by atoms with van der Waals surface area (Å²) in [7, 11) is 0. The predicted molar refractivity (Wildman–Crippen MR) is 119 cm³/mol. The molecule has 0 aliphatic heterocycles. The zero-order chi connectivity index (χ0) is 19.7. The molecule has 0 atom stereocenters. The molecule has 0 saturated heterocycles. The van der Waals surface area contributed by atoms with E-state index in [0.717, 1.165) is 33.0 Å². The van der Waals surface area contributed by atoms with Gasteiger partial charge in [0.2, 0.25) is 5.91 Å². The van der Waals surface area contributed by atoms with E-state index in [1.54, 1.807) is 23.2 Å². The van der Waals surface area contributed by atoms with Crippen LogP contribution in [0.4, 0.5) is 10.8 Å². The van der Waals surface area contributed by atoms with Crippen molar-refractivity contribution in [3.05, 3.63) is 69.7 Å². The Balaban J connectivity index is 1.64. The van der Waals surface area contributed by atoms with Gasteiger partial charge in [0.1, 0.15) is 5.01 Å². The number of carbonyl (C=O) groups is 1. The second-order valence-corrected chi connectivity index (χ2v) is 8.40. The van der Waals surface area contributed by atoms with E-state index >= 15 is 0 Å². The van der Waals surface area contributed by atoms with Crippen molar-refractivity contribution < 1.29 is 4.79 Å². The van der Waals surface area contributed by atoms with Crippen LogP contribution >= 0.6 is 22.7 Å². The predicted octanol–water partition coefficient (Wildman–Crippen LogP) is 6.22. The Morgan fingerprint density at radius 3 is 2.46 bits per heavy atom. The Morgan fingerprint density at radius 1 is 1.00 bits per heavy atom. The molecule has 0 fully saturated rings. The number of hydrogen-bond acceptors (Lipinski definition) is 5. The topological polar surface area (TPSA) is 46.1 Å². The maximum Gasteiger partial charge on any atom is 0.230 e. The molecule has 0 unspecified atom stereocenters. The highest BCUT2D eigenvalue weighted by molar-refractivity contribution is 7.19. The first kappa shape index (κ1) is 18.5. The summed E-state index contributed by atoms with van der Waals surface area (Å²) in [6.45, 7) is 5.60. The number of anilines is 2. The number of aromatic nitrogens is 2. The summed E-state index contributed by atoms with van der Waals surface area (Å²) >= 11 is 3.11. The molecular weight excluding hydrogens is 386 g/mol. The van der Waals surface area contributed by atoms with Gasteiger partial charge in [0.25, 0.3) is 0 Å². The van der Waals surface area contributed by atoms with Crippen molar-refractivity contribution in [3.8, 4) is 0 Å². The molecule has 2 heterocycles. The third-order valence-corrected chi connectivity index (χ3v) is 6.23. The first-order chi connectivity index (χ1) is 13.5. The van der Waals surface area contributed by atoms with Gasteiger partial charge < -0.3 is 0 Å². The average Bonchev–Trinajstić information content (AvgIpc) is 3.29. The van der Waals surface area contributed by atoms with Crippen LogP contribution in [0.1, 0.15) is 28.8 Å². The molecule has 2 aromatic heterocycles. The minimum absolute atomic E-state index is 0.0477. The number of rotatable bonds is 4. The first-order valence-corrected chi connectivity index (χ1v) is 10.6. The van der Waals surface area contributed by atoms with E-state index in [4.69, 9.17) is 0 Å². The van der Waals surface area contributed by atoms with Crippen LogP contribution in [0.2, 0.25) is 0 Å². The molecule has 0 aliphatic rings. The largest absolute Gasteiger partial charge is 0.274 e. The van der Waals surface area contributed by atoms with Crippen LogP contribution in [0.15, 0.2) is 47.8 Å². The molecule has 0 saturated carbocycles. The number of aryl methyl sites for hydroxylation is 2. The lowest BCUT2D eigenvalue weighted by Gasteiger charge is -2.22. The fraction of sp³-hybridized carbons (Fsp3) is 0.136. The van der Waals surface area contributed by atoms with Gasteiger partial charge in [-0.25, -0.2) is 9.97 Å². The second kappa shape index (κ2) is 7.66. The van der Waals surface area contributed by atoms with Crippen molar-refractivity contribution >= 4 is 61.8 Å². The zero-order valence-corrected chi connectivity index (χ0v) is 17.5. The number of carbonyl (C=O) groups excluding carboxylic acids is 1. The highest BCUT2D eigenvalue weighted by atomic mass is 32.1. The van der Waals surface area contributed by atoms with Crippen molar-refractivity contribution in [1.82, 2.24) is 9.97 Å². The van der Waals surface area contributed by atoms with Gasteiger partial charge in [0.05, 0.1) is 21.6 Å². The molecule has 0 spiro atoms. The molecule has 4 nitrogen and oxygen atoms in total. The number of hydrogen-bond donors (Lipinski definition) is 0. The van der Waals surface area contributed by atoms with Crippen LogP contribution in [0.3, 0.4) is 0 Å². The van der Waals surface area contributed by atoms with Crippen LogP contribution < -0.4 is 4.90 Å². The Labute approximate surface area is 171 Å². The molecule has 1 amide bonds. The van der Waals surface area contributed by atoms with Gasteiger partial charge in [-0.15, -0.1) is 22.7 Å². The lowest BCUT2D eigenvalue weighted by molar-refractivity contribution is -0.115. The smallest absolute Gasteiger partial charge is 0.230 e. The highest BCUT2D eigenvalue weighted by Gasteiger charge is 2.21. The average molecular weight is 406 g/mol. The van der Waals surface area contributed by atoms with E-state index in [-0.39, 0.29) is 5.91 Å². The molecule has 0 bridgehead atoms. The Hall–Kier alpha value is -2.83. The van der Waals surface area contributed by atoms with Gasteiger partial charge in [0.15, 0.2) is 5.13 Å². The molecule has 140 valence electrons. The Morgan fingerprint density at radius 2 is 1.75 bits per heavy atom. The highest BCUT2D eigenvalue weighted by Crippen LogP contribution is 2.34. The first-order valence-electron chi connectivity index (χ1n) is 8.89. The number of fused-ring (bicyclic) bond motifs is 1. The molecule has 4 aromatic rings. The second-order valence-electron chi connectivity index (χ2n) is 6.50. The molecular formula is C22H19N3OS2. The maximum absolute atomic E-state index is 12.4. The summed E-state index contributed by atoms with van der Waals surface area (Å²) in [5.74, 6) is -0.0477. The number of benzene rings is 2. The number of nitrogens with zero attached hydrogens (tertiary/aromatic N) is 3. The monoisotopic (exact) mass is 405 g/mol. The molecule has 2 aromatic carbocycles. The van der Waals surface area contributed by atoms with Crippen molar-refractivity contribution in [2.45, 2.75) is 20.8 Å². The van der Waals surface area contributed by atoms with E-state index in [1.807, 2.05) is 67.8 Å². The van der Waals surface area contributed by atoms with Crippen molar-refractivity contribution in [1.29, 1.82) is 0 Å². The number of thiazole rings is 2. The van der Waals surface area contributed by atoms with Crippen LogP contribution in [-0.2, 0) is 4.79 Å². The van der Waals surface area contributed by atoms with Crippen LogP contribution in [-0.4, -0.2) is 15.9 Å². The van der Waals surface area contributed by atoms with E-state index in [9.17, 15) is 4.79 Å². The normalized spacial score (nSPS) is 11.4. The lowest BCUT2D eigenvalue weighted by Crippen LogP contribution is -2.24. The Bertz CT molecular complexity index is 1140. The third-order valence-electron chi connectivity index (χ3n) is 4.39. The van der Waals surface area contributed by atoms with Gasteiger partial charge in [-0.05, 0) is 49.3 Å². The summed E-state index contributed by atoms with van der Waals surface area (Å²) in [6, 6.07) is 14.1. The number of para-hydroxylation sites is 2. The van der Waals surface area contributed by atoms with E-state index < -0.39 is 0 Å². The van der Waals surface area contributed by atoms with Crippen LogP contribution in [0.5, 0.6) is 0 Å². The van der Waals surface area contributed by atoms with Crippen molar-refractivity contribution in [3.63, 3.8) is 0 Å². The molecule has 6 heteroatoms. The van der Waals surface area contributed by atoms with Gasteiger partial charge in [-0.2, -0.15) is 0 Å². The fourth-order valence-electron chi connectivity index (χ4n) is 3.12. The minimum Gasteiger partial charge on any atom is -0.274 e. The summed E-state index contributed by atoms with van der Waals surface area (Å²) < 4.78 is 1.17. The van der Waals surface area contributed by atoms with Gasteiger partial charge in [0, 0.05) is 12.3 Å². The van der Waals surface area contributed by atoms with E-state index in [2.05, 4.69) is 16.0 Å². The van der Waals surface area contributed by atoms with E-state index in [1.165, 1.54) is 16.0 Å². The number of amides is 1. The summed E-state index contributed by atoms with van der Waals surface area (Å²) in [4.78, 5) is 23.4. The maximum atomic E-state index is 12.4. The zero-order valence-electron chi connectivity index (χ0n) is 15.8. The van der Waals surface area contributed by atoms with E-state index in [0.29, 0.717) is 5.13 Å². The SMILES string of the molecule is CC(=O)N(c1nc(/C=C/c2nc3ccccc3s2)cs1)c1c(C)cccc1C. The summed E-state index contributed by atoms with van der Waals surface area (Å²) in [5.41, 5.74) is 4.83. The molecule has 0 radical (unpaired) electrons. The minimum atomic E-state index is -0.0477. The quantitative estimate of drug-likeness (QED) is 0.405. The molecule has 4 rings (SSSR count). The fourth-order valence-corrected chi connectivity index (χ4v) is 4.83. The lowest BCUT2D eigenvalue weighted by atomic mass is 10.1. The van der Waals surface area contributed by atoms with Crippen LogP contribution in [0.25, 0.3) is 22.4 Å². The summed E-state index contributed by atoms with van der Waals surface area (Å²) in [5, 5.41) is 3.57. The van der Waals surface area contributed by atoms with Gasteiger partial charge in [-0.3, -0.25) is 9.69 Å². The molecule has 28 heavy (non-hydrogen) atoms.